The highest BCUT2D eigenvalue weighted by Gasteiger charge is 2.31. The zero-order chi connectivity index (χ0) is 17.9. The fraction of sp³-hybridized carbons (Fsp3) is 0.235. The van der Waals surface area contributed by atoms with E-state index in [-0.39, 0.29) is 0 Å². The van der Waals surface area contributed by atoms with E-state index in [1.54, 1.807) is 12.1 Å². The van der Waals surface area contributed by atoms with Crippen molar-refractivity contribution in [1.82, 2.24) is 0 Å². The van der Waals surface area contributed by atoms with E-state index in [1.165, 1.54) is 26.4 Å². The van der Waals surface area contributed by atoms with Gasteiger partial charge in [0, 0.05) is 0 Å². The van der Waals surface area contributed by atoms with Crippen molar-refractivity contribution in [3.63, 3.8) is 0 Å². The van der Waals surface area contributed by atoms with Crippen molar-refractivity contribution >= 4 is 22.2 Å². The van der Waals surface area contributed by atoms with Crippen molar-refractivity contribution in [3.05, 3.63) is 57.6 Å². The fourth-order valence-electron chi connectivity index (χ4n) is 2.43. The zero-order valence-electron chi connectivity index (χ0n) is 12.9. The van der Waals surface area contributed by atoms with Crippen LogP contribution in [0.25, 0.3) is 0 Å². The Balaban J connectivity index is 2.57. The Kier molecular flexibility index (Phi) is 5.54. The lowest BCUT2D eigenvalue weighted by Crippen LogP contribution is -2.09. The molecule has 2 aromatic carbocycles. The standard InChI is InChI=1S/C17H14BrF3O3/c1-23-14-8-7-13(18)16(24-2)15(14)12(9-22)10-3-5-11(6-4-10)17(19,20)21/h3-9,12H,1-2H3. The van der Waals surface area contributed by atoms with E-state index in [0.29, 0.717) is 33.4 Å². The Morgan fingerprint density at radius 2 is 1.67 bits per heavy atom. The van der Waals surface area contributed by atoms with Crippen LogP contribution in [0.2, 0.25) is 0 Å². The van der Waals surface area contributed by atoms with Gasteiger partial charge in [-0.05, 0) is 45.8 Å². The van der Waals surface area contributed by atoms with E-state index < -0.39 is 17.7 Å². The predicted octanol–water partition coefficient (Wildman–Crippen LogP) is 4.82. The maximum Gasteiger partial charge on any atom is 0.416 e. The molecule has 0 N–H and O–H groups in total. The van der Waals surface area contributed by atoms with Crippen molar-refractivity contribution in [2.24, 2.45) is 0 Å². The Labute approximate surface area is 145 Å². The quantitative estimate of drug-likeness (QED) is 0.672. The number of methoxy groups -OCH3 is 2. The second-order valence-corrected chi connectivity index (χ2v) is 5.78. The van der Waals surface area contributed by atoms with Gasteiger partial charge in [-0.3, -0.25) is 0 Å². The van der Waals surface area contributed by atoms with Gasteiger partial charge in [0.05, 0.1) is 35.7 Å². The largest absolute Gasteiger partial charge is 0.496 e. The molecule has 0 bridgehead atoms. The normalized spacial score (nSPS) is 12.6. The summed E-state index contributed by atoms with van der Waals surface area (Å²) in [6.07, 6.45) is -3.78. The number of halogens is 4. The third-order valence-corrected chi connectivity index (χ3v) is 4.20. The number of carbonyl (C=O) groups is 1. The van der Waals surface area contributed by atoms with E-state index in [4.69, 9.17) is 9.47 Å². The van der Waals surface area contributed by atoms with Crippen LogP contribution in [0.5, 0.6) is 11.5 Å². The van der Waals surface area contributed by atoms with E-state index >= 15 is 0 Å². The van der Waals surface area contributed by atoms with E-state index in [1.807, 2.05) is 0 Å². The molecule has 24 heavy (non-hydrogen) atoms. The van der Waals surface area contributed by atoms with Crippen molar-refractivity contribution in [3.8, 4) is 11.5 Å². The van der Waals surface area contributed by atoms with Gasteiger partial charge in [-0.15, -0.1) is 0 Å². The maximum atomic E-state index is 12.7. The summed E-state index contributed by atoms with van der Waals surface area (Å²) in [6.45, 7) is 0. The molecule has 0 heterocycles. The summed E-state index contributed by atoms with van der Waals surface area (Å²) >= 11 is 3.33. The average Bonchev–Trinajstić information content (AvgIpc) is 2.55. The SMILES string of the molecule is COc1ccc(Br)c(OC)c1C(C=O)c1ccc(C(F)(F)F)cc1. The van der Waals surface area contributed by atoms with Gasteiger partial charge in [-0.2, -0.15) is 13.2 Å². The number of hydrogen-bond acceptors (Lipinski definition) is 3. The van der Waals surface area contributed by atoms with Gasteiger partial charge in [0.15, 0.2) is 0 Å². The third-order valence-electron chi connectivity index (χ3n) is 3.58. The van der Waals surface area contributed by atoms with Crippen LogP contribution in [0.4, 0.5) is 13.2 Å². The first-order valence-electron chi connectivity index (χ1n) is 6.86. The second-order valence-electron chi connectivity index (χ2n) is 4.93. The minimum Gasteiger partial charge on any atom is -0.496 e. The van der Waals surface area contributed by atoms with Crippen LogP contribution < -0.4 is 9.47 Å². The van der Waals surface area contributed by atoms with Crippen LogP contribution in [-0.2, 0) is 11.0 Å². The first kappa shape index (κ1) is 18.3. The monoisotopic (exact) mass is 402 g/mol. The number of aldehydes is 1. The minimum atomic E-state index is -4.43. The van der Waals surface area contributed by atoms with Crippen LogP contribution >= 0.6 is 15.9 Å². The summed E-state index contributed by atoms with van der Waals surface area (Å²) in [5, 5.41) is 0. The number of carbonyl (C=O) groups excluding carboxylic acids is 1. The van der Waals surface area contributed by atoms with Gasteiger partial charge in [-0.25, -0.2) is 0 Å². The fourth-order valence-corrected chi connectivity index (χ4v) is 2.94. The molecule has 1 unspecified atom stereocenters. The first-order valence-corrected chi connectivity index (χ1v) is 7.65. The molecule has 0 aliphatic carbocycles. The molecule has 1 atom stereocenters. The van der Waals surface area contributed by atoms with Gasteiger partial charge in [-0.1, -0.05) is 12.1 Å². The van der Waals surface area contributed by atoms with E-state index in [0.717, 1.165) is 12.1 Å². The van der Waals surface area contributed by atoms with Crippen LogP contribution in [0.3, 0.4) is 0 Å². The van der Waals surface area contributed by atoms with E-state index in [2.05, 4.69) is 15.9 Å². The molecular formula is C17H14BrF3O3. The number of ether oxygens (including phenoxy) is 2. The summed E-state index contributed by atoms with van der Waals surface area (Å²) in [5.74, 6) is -0.0203. The molecule has 0 aliphatic rings. The Hall–Kier alpha value is -2.02. The number of alkyl halides is 3. The second kappa shape index (κ2) is 7.25. The number of rotatable bonds is 5. The van der Waals surface area contributed by atoms with Crippen LogP contribution in [0.15, 0.2) is 40.9 Å². The molecular weight excluding hydrogens is 389 g/mol. The predicted molar refractivity (Wildman–Crippen MR) is 86.6 cm³/mol. The van der Waals surface area contributed by atoms with Gasteiger partial charge in [0.2, 0.25) is 0 Å². The van der Waals surface area contributed by atoms with Crippen LogP contribution in [0, 0.1) is 0 Å². The number of benzene rings is 2. The Bertz CT molecular complexity index is 727. The molecule has 2 aromatic rings. The van der Waals surface area contributed by atoms with Crippen LogP contribution in [0.1, 0.15) is 22.6 Å². The molecule has 0 aliphatic heterocycles. The highest BCUT2D eigenvalue weighted by atomic mass is 79.9. The van der Waals surface area contributed by atoms with Crippen molar-refractivity contribution < 1.29 is 27.4 Å². The lowest BCUT2D eigenvalue weighted by Gasteiger charge is -2.20. The maximum absolute atomic E-state index is 12.7. The molecule has 7 heteroatoms. The topological polar surface area (TPSA) is 35.5 Å². The molecule has 128 valence electrons. The van der Waals surface area contributed by atoms with Crippen molar-refractivity contribution in [1.29, 1.82) is 0 Å². The molecule has 0 radical (unpaired) electrons. The molecule has 0 aromatic heterocycles. The van der Waals surface area contributed by atoms with Gasteiger partial charge in [0.1, 0.15) is 17.8 Å². The lowest BCUT2D eigenvalue weighted by atomic mass is 9.90. The van der Waals surface area contributed by atoms with Crippen molar-refractivity contribution in [2.75, 3.05) is 14.2 Å². The minimum absolute atomic E-state index is 0.395. The molecule has 3 nitrogen and oxygen atoms in total. The van der Waals surface area contributed by atoms with Gasteiger partial charge in [0.25, 0.3) is 0 Å². The van der Waals surface area contributed by atoms with Crippen LogP contribution in [-0.4, -0.2) is 20.5 Å². The zero-order valence-corrected chi connectivity index (χ0v) is 14.4. The Morgan fingerprint density at radius 3 is 2.12 bits per heavy atom. The smallest absolute Gasteiger partial charge is 0.416 e. The van der Waals surface area contributed by atoms with Gasteiger partial charge >= 0.3 is 6.18 Å². The molecule has 0 fully saturated rings. The summed E-state index contributed by atoms with van der Waals surface area (Å²) < 4.78 is 49.3. The highest BCUT2D eigenvalue weighted by Crippen LogP contribution is 2.42. The number of hydrogen-bond donors (Lipinski definition) is 0. The summed E-state index contributed by atoms with van der Waals surface area (Å²) in [7, 11) is 2.89. The van der Waals surface area contributed by atoms with E-state index in [9.17, 15) is 18.0 Å². The first-order chi connectivity index (χ1) is 11.3. The molecule has 0 saturated carbocycles. The van der Waals surface area contributed by atoms with Crippen molar-refractivity contribution in [2.45, 2.75) is 12.1 Å². The Morgan fingerprint density at radius 1 is 1.04 bits per heavy atom. The molecule has 0 spiro atoms. The highest BCUT2D eigenvalue weighted by molar-refractivity contribution is 9.10. The molecule has 2 rings (SSSR count). The lowest BCUT2D eigenvalue weighted by molar-refractivity contribution is -0.137. The average molecular weight is 403 g/mol. The molecule has 0 amide bonds. The summed E-state index contributed by atoms with van der Waals surface area (Å²) in [5.41, 5.74) is 0.0842. The molecule has 0 saturated heterocycles. The summed E-state index contributed by atoms with van der Waals surface area (Å²) in [4.78, 5) is 11.7. The summed E-state index contributed by atoms with van der Waals surface area (Å²) in [6, 6.07) is 7.81. The third kappa shape index (κ3) is 3.56. The van der Waals surface area contributed by atoms with Gasteiger partial charge < -0.3 is 14.3 Å².